The van der Waals surface area contributed by atoms with Crippen LogP contribution in [0.1, 0.15) is 97.5 Å². The normalized spacial score (nSPS) is 43.4. The first-order valence-electron chi connectivity index (χ1n) is 18.0. The molecule has 1 spiro atoms. The van der Waals surface area contributed by atoms with Crippen LogP contribution < -0.4 is 16.0 Å². The first-order chi connectivity index (χ1) is 21.5. The minimum absolute atomic E-state index is 0.102. The lowest BCUT2D eigenvalue weighted by molar-refractivity contribution is -0.129. The van der Waals surface area contributed by atoms with E-state index in [2.05, 4.69) is 49.7 Å². The number of aromatic hydroxyl groups is 1. The van der Waals surface area contributed by atoms with E-state index < -0.39 is 0 Å². The fourth-order valence-electron chi connectivity index (χ4n) is 11.5. The smallest absolute Gasteiger partial charge is 0.229 e. The average Bonchev–Trinajstić information content (AvgIpc) is 3.45. The van der Waals surface area contributed by atoms with Gasteiger partial charge in [0.1, 0.15) is 17.9 Å². The highest BCUT2D eigenvalue weighted by molar-refractivity contribution is 5.97. The number of amides is 2. The monoisotopic (exact) mass is 617 g/mol. The van der Waals surface area contributed by atoms with Crippen molar-refractivity contribution >= 4 is 11.8 Å². The van der Waals surface area contributed by atoms with Gasteiger partial charge in [-0.05, 0) is 122 Å². The van der Waals surface area contributed by atoms with Crippen molar-refractivity contribution in [2.75, 3.05) is 13.1 Å². The average molecular weight is 618 g/mol. The van der Waals surface area contributed by atoms with E-state index in [4.69, 9.17) is 4.74 Å². The van der Waals surface area contributed by atoms with E-state index in [0.29, 0.717) is 42.2 Å². The van der Waals surface area contributed by atoms with Crippen molar-refractivity contribution in [2.24, 2.45) is 46.3 Å². The van der Waals surface area contributed by atoms with Crippen molar-refractivity contribution in [3.63, 3.8) is 0 Å². The maximum Gasteiger partial charge on any atom is 0.229 e. The maximum absolute atomic E-state index is 12.8. The van der Waals surface area contributed by atoms with Crippen molar-refractivity contribution in [2.45, 2.75) is 116 Å². The number of carbonyl (C=O) groups excluding carboxylic acids is 2. The summed E-state index contributed by atoms with van der Waals surface area (Å²) in [6.07, 6.45) is 13.9. The zero-order valence-corrected chi connectivity index (χ0v) is 27.9. The molecule has 1 unspecified atom stereocenters. The predicted octanol–water partition coefficient (Wildman–Crippen LogP) is 5.87. The highest BCUT2D eigenvalue weighted by atomic mass is 16.5. The van der Waals surface area contributed by atoms with Crippen molar-refractivity contribution in [3.8, 4) is 5.75 Å². The Morgan fingerprint density at radius 1 is 1.02 bits per heavy atom. The van der Waals surface area contributed by atoms with Gasteiger partial charge >= 0.3 is 0 Å². The molecule has 11 atom stereocenters. The van der Waals surface area contributed by atoms with Gasteiger partial charge < -0.3 is 20.5 Å². The Hall–Kier alpha value is -2.38. The van der Waals surface area contributed by atoms with Gasteiger partial charge in [0.25, 0.3) is 0 Å². The molecule has 7 heteroatoms. The number of piperidine rings is 1. The molecule has 2 saturated heterocycles. The van der Waals surface area contributed by atoms with E-state index in [1.807, 2.05) is 12.1 Å². The summed E-state index contributed by atoms with van der Waals surface area (Å²) < 4.78 is 7.06. The molecule has 0 aromatic heterocycles. The number of allylic oxidation sites excluding steroid dienone is 1. The van der Waals surface area contributed by atoms with Crippen LogP contribution in [0.15, 0.2) is 35.9 Å². The third-order valence-corrected chi connectivity index (χ3v) is 13.9. The summed E-state index contributed by atoms with van der Waals surface area (Å²) in [6, 6.07) is 7.08. The number of phenols is 1. The summed E-state index contributed by atoms with van der Waals surface area (Å²) in [6.45, 7) is 11.5. The van der Waals surface area contributed by atoms with E-state index >= 15 is 0 Å². The quantitative estimate of drug-likeness (QED) is 0.237. The van der Waals surface area contributed by atoms with Gasteiger partial charge in [0.05, 0.1) is 6.10 Å². The maximum atomic E-state index is 12.8. The largest absolute Gasteiger partial charge is 0.508 e. The molecule has 0 radical (unpaired) electrons. The van der Waals surface area contributed by atoms with Gasteiger partial charge in [0.15, 0.2) is 0 Å². The fourth-order valence-corrected chi connectivity index (χ4v) is 11.5. The third-order valence-electron chi connectivity index (χ3n) is 13.9. The fraction of sp³-hybridized carbons (Fsp3) is 0.737. The van der Waals surface area contributed by atoms with Crippen molar-refractivity contribution < 1.29 is 19.4 Å². The zero-order valence-electron chi connectivity index (χ0n) is 27.9. The summed E-state index contributed by atoms with van der Waals surface area (Å²) in [5.41, 5.74) is 3.05. The van der Waals surface area contributed by atoms with Crippen LogP contribution in [-0.2, 0) is 20.7 Å². The molecule has 1 aromatic carbocycles. The van der Waals surface area contributed by atoms with Gasteiger partial charge in [-0.2, -0.15) is 0 Å². The van der Waals surface area contributed by atoms with Crippen molar-refractivity contribution in [1.82, 2.24) is 16.0 Å². The van der Waals surface area contributed by atoms with E-state index in [-0.39, 0.29) is 41.2 Å². The Morgan fingerprint density at radius 3 is 2.58 bits per heavy atom. The standard InChI is InChI=1S/C38H55N3O4/c1-23-11-17-38(40-22-23)24(2)35-32(45-38)20-31-29-10-7-26-19-27(12-15-36(26,3)30(29)13-16-37(31,35)4)41-34(44)21-33(43)39-18-14-25-5-8-28(42)9-6-25/h5-9,23-24,27,29-32,35,40,42H,10-22H2,1-4H3,(H,39,43)(H,41,44)/t23-,24+,27?,29-,30+,31+,32+,35+,36+,37+,38-/m1/s1. The number of rotatable bonds is 6. The second kappa shape index (κ2) is 11.7. The van der Waals surface area contributed by atoms with Gasteiger partial charge in [-0.1, -0.05) is 51.5 Å². The van der Waals surface area contributed by atoms with E-state index in [9.17, 15) is 14.7 Å². The highest BCUT2D eigenvalue weighted by Crippen LogP contribution is 2.70. The second-order valence-electron chi connectivity index (χ2n) is 16.4. The molecule has 7 nitrogen and oxygen atoms in total. The molecule has 4 N–H and O–H groups in total. The van der Waals surface area contributed by atoms with Gasteiger partial charge in [0.2, 0.25) is 11.8 Å². The van der Waals surface area contributed by atoms with Crippen molar-refractivity contribution in [3.05, 3.63) is 41.5 Å². The Labute approximate surface area is 269 Å². The predicted molar refractivity (Wildman–Crippen MR) is 175 cm³/mol. The Morgan fingerprint density at radius 2 is 1.82 bits per heavy atom. The topological polar surface area (TPSA) is 99.7 Å². The molecule has 2 heterocycles. The third kappa shape index (κ3) is 5.44. The second-order valence-corrected chi connectivity index (χ2v) is 16.4. The van der Waals surface area contributed by atoms with E-state index in [1.54, 1.807) is 17.7 Å². The number of ether oxygens (including phenoxy) is 1. The first kappa shape index (κ1) is 31.2. The molecule has 2 amide bonds. The van der Waals surface area contributed by atoms with E-state index in [1.165, 1.54) is 25.7 Å². The SMILES string of the molecule is C[C@@H]1CC[C@@]2(NC1)O[C@H]1C[C@H]3[C@@H]4CC=C5CC(NC(=O)CC(=O)NCCc6ccc(O)cc6)CC[C@]5(C)[C@H]4CC[C@]3(C)[C@H]1[C@@H]2C. The summed E-state index contributed by atoms with van der Waals surface area (Å²) in [4.78, 5) is 25.3. The van der Waals surface area contributed by atoms with E-state index in [0.717, 1.165) is 62.0 Å². The number of hydrogen-bond acceptors (Lipinski definition) is 5. The van der Waals surface area contributed by atoms with Gasteiger partial charge in [-0.25, -0.2) is 0 Å². The van der Waals surface area contributed by atoms with Crippen LogP contribution in [0.2, 0.25) is 0 Å². The van der Waals surface area contributed by atoms with Crippen LogP contribution >= 0.6 is 0 Å². The molecule has 246 valence electrons. The number of phenolic OH excluding ortho intramolecular Hbond substituents is 1. The van der Waals surface area contributed by atoms with Crippen LogP contribution in [0.4, 0.5) is 0 Å². The highest BCUT2D eigenvalue weighted by Gasteiger charge is 2.68. The number of hydrogen-bond donors (Lipinski definition) is 4. The van der Waals surface area contributed by atoms with Crippen molar-refractivity contribution in [1.29, 1.82) is 0 Å². The molecule has 2 aliphatic heterocycles. The van der Waals surface area contributed by atoms with Crippen LogP contribution in [0, 0.1) is 46.3 Å². The molecule has 7 rings (SSSR count). The lowest BCUT2D eigenvalue weighted by atomic mass is 9.46. The number of fused-ring (bicyclic) bond motifs is 7. The molecule has 6 aliphatic rings. The lowest BCUT2D eigenvalue weighted by Gasteiger charge is -2.58. The van der Waals surface area contributed by atoms with Gasteiger partial charge in [-0.15, -0.1) is 0 Å². The molecule has 3 saturated carbocycles. The molecular weight excluding hydrogens is 562 g/mol. The number of benzene rings is 1. The number of nitrogens with one attached hydrogen (secondary N) is 3. The molecule has 5 fully saturated rings. The molecule has 4 aliphatic carbocycles. The lowest BCUT2D eigenvalue weighted by Crippen LogP contribution is -2.57. The summed E-state index contributed by atoms with van der Waals surface area (Å²) in [5, 5.41) is 19.4. The Kier molecular flexibility index (Phi) is 8.12. The molecule has 1 aromatic rings. The van der Waals surface area contributed by atoms with Gasteiger partial charge in [0, 0.05) is 25.0 Å². The summed E-state index contributed by atoms with van der Waals surface area (Å²) in [7, 11) is 0. The van der Waals surface area contributed by atoms with Crippen LogP contribution in [0.5, 0.6) is 5.75 Å². The minimum atomic E-state index is -0.240. The first-order valence-corrected chi connectivity index (χ1v) is 18.0. The Bertz CT molecular complexity index is 1320. The molecule has 0 bridgehead atoms. The van der Waals surface area contributed by atoms with Gasteiger partial charge in [-0.3, -0.25) is 14.9 Å². The van der Waals surface area contributed by atoms with Crippen LogP contribution in [0.3, 0.4) is 0 Å². The summed E-state index contributed by atoms with van der Waals surface area (Å²) in [5.74, 6) is 3.93. The minimum Gasteiger partial charge on any atom is -0.508 e. The molecule has 45 heavy (non-hydrogen) atoms. The van der Waals surface area contributed by atoms with Crippen LogP contribution in [0.25, 0.3) is 0 Å². The molecular formula is C38H55N3O4. The Balaban J connectivity index is 0.941. The zero-order chi connectivity index (χ0) is 31.6. The van der Waals surface area contributed by atoms with Crippen LogP contribution in [-0.4, -0.2) is 47.9 Å². The summed E-state index contributed by atoms with van der Waals surface area (Å²) >= 11 is 0. The number of carbonyl (C=O) groups is 2.